The Hall–Kier alpha value is -2.66. The van der Waals surface area contributed by atoms with E-state index in [9.17, 15) is 5.11 Å². The molecule has 4 rings (SSSR count). The first-order valence-electron chi connectivity index (χ1n) is 8.73. The lowest BCUT2D eigenvalue weighted by Gasteiger charge is -2.29. The van der Waals surface area contributed by atoms with E-state index in [2.05, 4.69) is 35.4 Å². The molecule has 5 heteroatoms. The molecule has 5 nitrogen and oxygen atoms in total. The maximum atomic E-state index is 10.2. The number of fused-ring (bicyclic) bond motifs is 1. The van der Waals surface area contributed by atoms with Crippen molar-refractivity contribution >= 4 is 18.0 Å². The van der Waals surface area contributed by atoms with E-state index < -0.39 is 0 Å². The van der Waals surface area contributed by atoms with Gasteiger partial charge >= 0.3 is 0 Å². The van der Waals surface area contributed by atoms with Gasteiger partial charge < -0.3 is 15.3 Å². The molecule has 1 aliphatic heterocycles. The monoisotopic (exact) mass is 334 g/mol. The van der Waals surface area contributed by atoms with Gasteiger partial charge in [0.1, 0.15) is 11.6 Å². The summed E-state index contributed by atoms with van der Waals surface area (Å²) >= 11 is 0. The van der Waals surface area contributed by atoms with Gasteiger partial charge in [-0.15, -0.1) is 0 Å². The summed E-state index contributed by atoms with van der Waals surface area (Å²) in [5, 5.41) is 15.6. The van der Waals surface area contributed by atoms with Gasteiger partial charge in [0.25, 0.3) is 0 Å². The first kappa shape index (κ1) is 15.8. The quantitative estimate of drug-likeness (QED) is 0.863. The summed E-state index contributed by atoms with van der Waals surface area (Å²) in [6.07, 6.45) is 7.39. The Bertz CT molecular complexity index is 943. The van der Waals surface area contributed by atoms with Crippen molar-refractivity contribution in [2.45, 2.75) is 13.3 Å². The molecule has 2 heterocycles. The molecule has 2 aliphatic rings. The number of rotatable bonds is 2. The zero-order chi connectivity index (χ0) is 17.2. The molecule has 1 saturated heterocycles. The summed E-state index contributed by atoms with van der Waals surface area (Å²) in [6, 6.07) is 7.25. The number of aromatic hydroxyl groups is 1. The fourth-order valence-corrected chi connectivity index (χ4v) is 3.32. The lowest BCUT2D eigenvalue weighted by molar-refractivity contribution is 0.477. The van der Waals surface area contributed by atoms with Crippen LogP contribution in [0.5, 0.6) is 5.75 Å². The summed E-state index contributed by atoms with van der Waals surface area (Å²) in [6.45, 7) is 5.83. The molecular formula is C20H22N4O. The lowest BCUT2D eigenvalue weighted by atomic mass is 10.1. The molecule has 1 aromatic heterocycles. The number of allylic oxidation sites excluding steroid dienone is 2. The number of anilines is 1. The van der Waals surface area contributed by atoms with E-state index >= 15 is 0 Å². The number of piperazine rings is 1. The second-order valence-corrected chi connectivity index (χ2v) is 6.46. The van der Waals surface area contributed by atoms with Crippen LogP contribution in [0, 0.1) is 0 Å². The van der Waals surface area contributed by atoms with Crippen LogP contribution in [0.15, 0.2) is 35.9 Å². The zero-order valence-electron chi connectivity index (χ0n) is 14.4. The van der Waals surface area contributed by atoms with Gasteiger partial charge in [-0.1, -0.05) is 29.9 Å². The van der Waals surface area contributed by atoms with Crippen molar-refractivity contribution in [2.75, 3.05) is 31.1 Å². The lowest BCUT2D eigenvalue weighted by Crippen LogP contribution is -2.48. The number of hydrogen-bond acceptors (Lipinski definition) is 5. The van der Waals surface area contributed by atoms with E-state index in [-0.39, 0.29) is 5.75 Å². The van der Waals surface area contributed by atoms with Crippen LogP contribution in [0.1, 0.15) is 13.3 Å². The van der Waals surface area contributed by atoms with Gasteiger partial charge in [0, 0.05) is 31.4 Å². The van der Waals surface area contributed by atoms with Gasteiger partial charge in [-0.05, 0) is 31.6 Å². The highest BCUT2D eigenvalue weighted by Gasteiger charge is 2.17. The van der Waals surface area contributed by atoms with Gasteiger partial charge in [-0.3, -0.25) is 0 Å². The molecule has 2 N–H and O–H groups in total. The number of hydrogen-bond donors (Lipinski definition) is 2. The van der Waals surface area contributed by atoms with E-state index in [4.69, 9.17) is 9.97 Å². The summed E-state index contributed by atoms with van der Waals surface area (Å²) in [5.41, 5.74) is 1.86. The van der Waals surface area contributed by atoms with Crippen LogP contribution in [0.3, 0.4) is 0 Å². The van der Waals surface area contributed by atoms with Crippen LogP contribution >= 0.6 is 0 Å². The SMILES string of the molecule is CC1=CCC=c2c(N3CCNCC3)nc(-c3ccccc3O)nc2=C1. The van der Waals surface area contributed by atoms with E-state index in [0.29, 0.717) is 11.4 Å². The second-order valence-electron chi connectivity index (χ2n) is 6.46. The Morgan fingerprint density at radius 1 is 1.08 bits per heavy atom. The van der Waals surface area contributed by atoms with Gasteiger partial charge in [0.2, 0.25) is 0 Å². The van der Waals surface area contributed by atoms with Crippen molar-refractivity contribution in [1.29, 1.82) is 0 Å². The third kappa shape index (κ3) is 3.15. The van der Waals surface area contributed by atoms with Crippen LogP contribution in [-0.4, -0.2) is 41.3 Å². The van der Waals surface area contributed by atoms with Gasteiger partial charge in [-0.2, -0.15) is 0 Å². The zero-order valence-corrected chi connectivity index (χ0v) is 14.4. The number of phenols is 1. The van der Waals surface area contributed by atoms with Gasteiger partial charge in [0.05, 0.1) is 10.9 Å². The van der Waals surface area contributed by atoms with Crippen LogP contribution in [0.25, 0.3) is 23.5 Å². The largest absolute Gasteiger partial charge is 0.507 e. The van der Waals surface area contributed by atoms with E-state index in [1.807, 2.05) is 18.2 Å². The first-order valence-corrected chi connectivity index (χ1v) is 8.73. The standard InChI is InChI=1S/C20H22N4O/c1-14-5-4-7-15-17(13-14)22-19(16-6-2-3-8-18(16)25)23-20(15)24-11-9-21-10-12-24/h2-3,5-8,13,21,25H,4,9-12H2,1H3. The predicted molar refractivity (Wildman–Crippen MR) is 101 cm³/mol. The maximum Gasteiger partial charge on any atom is 0.165 e. The van der Waals surface area contributed by atoms with Crippen molar-refractivity contribution in [3.8, 4) is 17.1 Å². The highest BCUT2D eigenvalue weighted by Crippen LogP contribution is 2.25. The first-order chi connectivity index (χ1) is 12.2. The Morgan fingerprint density at radius 3 is 2.68 bits per heavy atom. The molecule has 2 aromatic rings. The predicted octanol–water partition coefficient (Wildman–Crippen LogP) is 1.17. The number of benzene rings is 1. The minimum Gasteiger partial charge on any atom is -0.507 e. The minimum atomic E-state index is 0.207. The number of nitrogens with zero attached hydrogens (tertiary/aromatic N) is 3. The number of para-hydroxylation sites is 1. The number of phenolic OH excluding ortho intramolecular Hbond substituents is 1. The average molecular weight is 334 g/mol. The molecule has 0 spiro atoms. The molecule has 25 heavy (non-hydrogen) atoms. The van der Waals surface area contributed by atoms with Crippen LogP contribution in [-0.2, 0) is 0 Å². The molecule has 128 valence electrons. The summed E-state index contributed by atoms with van der Waals surface area (Å²) in [5.74, 6) is 1.74. The van der Waals surface area contributed by atoms with Crippen LogP contribution in [0.4, 0.5) is 5.82 Å². The smallest absolute Gasteiger partial charge is 0.165 e. The number of aromatic nitrogens is 2. The van der Waals surface area contributed by atoms with Crippen LogP contribution < -0.4 is 20.8 Å². The maximum absolute atomic E-state index is 10.2. The highest BCUT2D eigenvalue weighted by atomic mass is 16.3. The molecule has 0 radical (unpaired) electrons. The third-order valence-corrected chi connectivity index (χ3v) is 4.64. The van der Waals surface area contributed by atoms with Crippen molar-refractivity contribution < 1.29 is 5.11 Å². The fraction of sp³-hybridized carbons (Fsp3) is 0.300. The minimum absolute atomic E-state index is 0.207. The molecule has 0 amide bonds. The molecule has 1 fully saturated rings. The van der Waals surface area contributed by atoms with E-state index in [1.165, 1.54) is 5.57 Å². The summed E-state index contributed by atoms with van der Waals surface area (Å²) in [7, 11) is 0. The van der Waals surface area contributed by atoms with Crippen molar-refractivity contribution in [2.24, 2.45) is 0 Å². The van der Waals surface area contributed by atoms with Crippen molar-refractivity contribution in [3.63, 3.8) is 0 Å². The molecule has 0 atom stereocenters. The Kier molecular flexibility index (Phi) is 4.24. The fourth-order valence-electron chi connectivity index (χ4n) is 3.32. The average Bonchev–Trinajstić information content (AvgIpc) is 2.82. The molecule has 0 saturated carbocycles. The number of nitrogens with one attached hydrogen (secondary N) is 1. The molecule has 0 unspecified atom stereocenters. The normalized spacial score (nSPS) is 17.0. The summed E-state index contributed by atoms with van der Waals surface area (Å²) in [4.78, 5) is 11.9. The molecular weight excluding hydrogens is 312 g/mol. The van der Waals surface area contributed by atoms with Crippen molar-refractivity contribution in [3.05, 3.63) is 46.5 Å². The van der Waals surface area contributed by atoms with Gasteiger partial charge in [0.15, 0.2) is 5.82 Å². The van der Waals surface area contributed by atoms with Crippen molar-refractivity contribution in [1.82, 2.24) is 15.3 Å². The molecule has 0 bridgehead atoms. The Labute approximate surface area is 147 Å². The van der Waals surface area contributed by atoms with Gasteiger partial charge in [-0.25, -0.2) is 9.97 Å². The van der Waals surface area contributed by atoms with E-state index in [1.54, 1.807) is 6.07 Å². The topological polar surface area (TPSA) is 61.3 Å². The highest BCUT2D eigenvalue weighted by molar-refractivity contribution is 5.66. The Balaban J connectivity index is 1.96. The van der Waals surface area contributed by atoms with Crippen LogP contribution in [0.2, 0.25) is 0 Å². The Morgan fingerprint density at radius 2 is 1.88 bits per heavy atom. The van der Waals surface area contributed by atoms with E-state index in [0.717, 1.165) is 49.0 Å². The second kappa shape index (κ2) is 6.69. The summed E-state index contributed by atoms with van der Waals surface area (Å²) < 4.78 is 0. The molecule has 1 aromatic carbocycles. The third-order valence-electron chi connectivity index (χ3n) is 4.64. The molecule has 1 aliphatic carbocycles.